The summed E-state index contributed by atoms with van der Waals surface area (Å²) in [6.07, 6.45) is -2.98. The molecule has 1 unspecified atom stereocenters. The standard InChI is InChI=1S/C33H56O11/c1-15(14-42-30-29(40)28(39)27(38)23(13-34)43-30)7-8-33(41)16(2)25-22(44-33)11-20-19-6-5-17-9-18(35)10-24(37)32(17,4)26(19)21(36)12-31(20,25)3/h15-30,34-41H,5-14H2,1-4H3/t15-,16+,17-,18-,19+,20+,21-,22?,23-,24-,25+,26-,27-,28+,29-,30-,31+,32-,33-/m1/s1. The molecule has 2 heterocycles. The van der Waals surface area contributed by atoms with Crippen LogP contribution in [0.2, 0.25) is 0 Å². The topological polar surface area (TPSA) is 190 Å². The number of ether oxygens (including phenoxy) is 3. The molecule has 11 nitrogen and oxygen atoms in total. The van der Waals surface area contributed by atoms with E-state index in [1.807, 2.05) is 6.92 Å². The zero-order valence-corrected chi connectivity index (χ0v) is 26.6. The van der Waals surface area contributed by atoms with Gasteiger partial charge in [-0.05, 0) is 85.9 Å². The minimum Gasteiger partial charge on any atom is -0.394 e. The minimum absolute atomic E-state index is 0.0145. The number of rotatable bonds is 7. The van der Waals surface area contributed by atoms with E-state index in [0.29, 0.717) is 38.0 Å². The fraction of sp³-hybridized carbons (Fsp3) is 1.00. The van der Waals surface area contributed by atoms with Crippen LogP contribution < -0.4 is 0 Å². The van der Waals surface area contributed by atoms with Crippen LogP contribution in [0.4, 0.5) is 0 Å². The molecule has 0 radical (unpaired) electrons. The molecule has 8 N–H and O–H groups in total. The van der Waals surface area contributed by atoms with Crippen LogP contribution in [0.15, 0.2) is 0 Å². The van der Waals surface area contributed by atoms with E-state index in [9.17, 15) is 40.9 Å². The SMILES string of the molecule is C[C@H](CC[C@@]1(O)OC2C[C@H]3[C@@H]4CC[C@@H]5C[C@@H](O)C[C@@H](O)[C@]5(C)[C@H]4[C@H](O)C[C@]3(C)[C@H]2[C@@H]1C)CO[C@@H]1O[C@H](CO)[C@@H](O)[C@H](O)[C@H]1O. The first-order valence-electron chi connectivity index (χ1n) is 17.0. The molecule has 4 aliphatic carbocycles. The Morgan fingerprint density at radius 3 is 2.36 bits per heavy atom. The zero-order chi connectivity index (χ0) is 31.9. The molecule has 0 aromatic rings. The highest BCUT2D eigenvalue weighted by atomic mass is 16.7. The Kier molecular flexibility index (Phi) is 9.06. The molecule has 2 aliphatic heterocycles. The van der Waals surface area contributed by atoms with E-state index in [2.05, 4.69) is 20.8 Å². The molecule has 254 valence electrons. The van der Waals surface area contributed by atoms with Crippen LogP contribution in [0, 0.1) is 52.3 Å². The van der Waals surface area contributed by atoms with Gasteiger partial charge in [0.15, 0.2) is 12.1 Å². The average Bonchev–Trinajstić information content (AvgIpc) is 3.39. The van der Waals surface area contributed by atoms with Crippen molar-refractivity contribution in [3.05, 3.63) is 0 Å². The maximum atomic E-state index is 11.8. The van der Waals surface area contributed by atoms with Crippen molar-refractivity contribution in [3.63, 3.8) is 0 Å². The molecule has 0 aromatic carbocycles. The van der Waals surface area contributed by atoms with E-state index in [-0.39, 0.29) is 53.6 Å². The Morgan fingerprint density at radius 2 is 1.66 bits per heavy atom. The quantitative estimate of drug-likeness (QED) is 0.196. The van der Waals surface area contributed by atoms with Crippen molar-refractivity contribution in [1.29, 1.82) is 0 Å². The van der Waals surface area contributed by atoms with Gasteiger partial charge in [-0.25, -0.2) is 0 Å². The molecule has 6 fully saturated rings. The van der Waals surface area contributed by atoms with Gasteiger partial charge in [0.05, 0.1) is 37.6 Å². The highest BCUT2D eigenvalue weighted by Crippen LogP contribution is 2.70. The molecule has 0 spiro atoms. The summed E-state index contributed by atoms with van der Waals surface area (Å²) in [6.45, 7) is 8.11. The lowest BCUT2D eigenvalue weighted by atomic mass is 9.43. The zero-order valence-electron chi connectivity index (χ0n) is 26.6. The van der Waals surface area contributed by atoms with Gasteiger partial charge in [0.25, 0.3) is 0 Å². The highest BCUT2D eigenvalue weighted by Gasteiger charge is 2.70. The predicted molar refractivity (Wildman–Crippen MR) is 156 cm³/mol. The summed E-state index contributed by atoms with van der Waals surface area (Å²) < 4.78 is 17.7. The Hall–Kier alpha value is -0.440. The van der Waals surface area contributed by atoms with E-state index in [1.165, 1.54) is 0 Å². The second kappa shape index (κ2) is 11.9. The van der Waals surface area contributed by atoms with Gasteiger partial charge in [-0.3, -0.25) is 0 Å². The number of aliphatic hydroxyl groups excluding tert-OH is 7. The van der Waals surface area contributed by atoms with Crippen molar-refractivity contribution in [2.75, 3.05) is 13.2 Å². The molecule has 4 saturated carbocycles. The Balaban J connectivity index is 1.09. The molecule has 6 aliphatic rings. The van der Waals surface area contributed by atoms with Crippen molar-refractivity contribution in [1.82, 2.24) is 0 Å². The van der Waals surface area contributed by atoms with Crippen molar-refractivity contribution < 1.29 is 55.1 Å². The van der Waals surface area contributed by atoms with Gasteiger partial charge >= 0.3 is 0 Å². The van der Waals surface area contributed by atoms with Crippen LogP contribution >= 0.6 is 0 Å². The summed E-state index contributed by atoms with van der Waals surface area (Å²) in [5.74, 6) is -0.621. The summed E-state index contributed by atoms with van der Waals surface area (Å²) in [5, 5.41) is 85.0. The van der Waals surface area contributed by atoms with Crippen LogP contribution in [0.1, 0.15) is 79.1 Å². The van der Waals surface area contributed by atoms with Crippen LogP contribution in [0.5, 0.6) is 0 Å². The van der Waals surface area contributed by atoms with E-state index >= 15 is 0 Å². The Bertz CT molecular complexity index is 1030. The number of hydrogen-bond acceptors (Lipinski definition) is 11. The maximum absolute atomic E-state index is 11.8. The normalized spacial score (nSPS) is 57.7. The Morgan fingerprint density at radius 1 is 0.932 bits per heavy atom. The van der Waals surface area contributed by atoms with E-state index in [1.54, 1.807) is 0 Å². The smallest absolute Gasteiger partial charge is 0.186 e. The fourth-order valence-corrected chi connectivity index (χ4v) is 11.4. The van der Waals surface area contributed by atoms with Gasteiger partial charge in [0, 0.05) is 17.8 Å². The van der Waals surface area contributed by atoms with Gasteiger partial charge in [-0.2, -0.15) is 0 Å². The monoisotopic (exact) mass is 628 g/mol. The van der Waals surface area contributed by atoms with Gasteiger partial charge < -0.3 is 55.1 Å². The third-order valence-corrected chi connectivity index (χ3v) is 13.7. The van der Waals surface area contributed by atoms with Crippen LogP contribution in [0.25, 0.3) is 0 Å². The second-order valence-electron chi connectivity index (χ2n) is 16.1. The van der Waals surface area contributed by atoms with E-state index in [0.717, 1.165) is 19.3 Å². The molecule has 0 bridgehead atoms. The molecule has 19 atom stereocenters. The third kappa shape index (κ3) is 5.12. The van der Waals surface area contributed by atoms with Crippen molar-refractivity contribution in [2.24, 2.45) is 52.3 Å². The first-order chi connectivity index (χ1) is 20.7. The van der Waals surface area contributed by atoms with E-state index in [4.69, 9.17) is 14.2 Å². The lowest BCUT2D eigenvalue weighted by Gasteiger charge is -2.63. The summed E-state index contributed by atoms with van der Waals surface area (Å²) in [4.78, 5) is 0. The van der Waals surface area contributed by atoms with Gasteiger partial charge in [0.2, 0.25) is 0 Å². The Labute approximate surface area is 260 Å². The highest BCUT2D eigenvalue weighted by molar-refractivity contribution is 5.17. The van der Waals surface area contributed by atoms with Crippen LogP contribution in [0.3, 0.4) is 0 Å². The first-order valence-corrected chi connectivity index (χ1v) is 17.0. The number of aliphatic hydroxyl groups is 8. The summed E-state index contributed by atoms with van der Waals surface area (Å²) in [5.41, 5.74) is -0.614. The summed E-state index contributed by atoms with van der Waals surface area (Å²) in [6, 6.07) is 0. The number of fused-ring (bicyclic) bond motifs is 7. The molecule has 44 heavy (non-hydrogen) atoms. The molecule has 0 aromatic heterocycles. The minimum atomic E-state index is -1.49. The van der Waals surface area contributed by atoms with Crippen molar-refractivity contribution in [3.8, 4) is 0 Å². The van der Waals surface area contributed by atoms with Crippen LogP contribution in [-0.4, -0.2) is 115 Å². The molecule has 2 saturated heterocycles. The molecular formula is C33H56O11. The molecular weight excluding hydrogens is 572 g/mol. The van der Waals surface area contributed by atoms with E-state index < -0.39 is 66.8 Å². The van der Waals surface area contributed by atoms with Crippen LogP contribution in [-0.2, 0) is 14.2 Å². The summed E-state index contributed by atoms with van der Waals surface area (Å²) in [7, 11) is 0. The summed E-state index contributed by atoms with van der Waals surface area (Å²) >= 11 is 0. The predicted octanol–water partition coefficient (Wildman–Crippen LogP) is 0.514. The fourth-order valence-electron chi connectivity index (χ4n) is 11.4. The lowest BCUT2D eigenvalue weighted by molar-refractivity contribution is -0.303. The van der Waals surface area contributed by atoms with Gasteiger partial charge in [0.1, 0.15) is 24.4 Å². The lowest BCUT2D eigenvalue weighted by Crippen LogP contribution is -2.63. The molecule has 6 rings (SSSR count). The molecule has 0 amide bonds. The number of hydrogen-bond donors (Lipinski definition) is 8. The van der Waals surface area contributed by atoms with Crippen molar-refractivity contribution >= 4 is 0 Å². The second-order valence-corrected chi connectivity index (χ2v) is 16.1. The van der Waals surface area contributed by atoms with Crippen molar-refractivity contribution in [2.45, 2.75) is 140 Å². The third-order valence-electron chi connectivity index (χ3n) is 13.7. The largest absolute Gasteiger partial charge is 0.394 e. The average molecular weight is 629 g/mol. The van der Waals surface area contributed by atoms with Gasteiger partial charge in [-0.15, -0.1) is 0 Å². The maximum Gasteiger partial charge on any atom is 0.186 e. The molecule has 11 heteroatoms. The van der Waals surface area contributed by atoms with Gasteiger partial charge in [-0.1, -0.05) is 27.7 Å². The first kappa shape index (κ1) is 33.5.